The molecule has 0 amide bonds. The average molecular weight is 354 g/mol. The molecule has 1 heteroatoms. The Morgan fingerprint density at radius 3 is 1.85 bits per heavy atom. The van der Waals surface area contributed by atoms with Gasteiger partial charge in [0.2, 0.25) is 0 Å². The number of hydrogen-bond acceptors (Lipinski definition) is 1. The Morgan fingerprint density at radius 2 is 1.37 bits per heavy atom. The average Bonchev–Trinajstić information content (AvgIpc) is 2.65. The van der Waals surface area contributed by atoms with Crippen LogP contribution in [0.3, 0.4) is 0 Å². The van der Waals surface area contributed by atoms with E-state index in [1.807, 2.05) is 31.2 Å². The van der Waals surface area contributed by atoms with Crippen molar-refractivity contribution < 1.29 is 0 Å². The molecule has 0 radical (unpaired) electrons. The van der Waals surface area contributed by atoms with E-state index in [1.54, 1.807) is 6.08 Å². The van der Waals surface area contributed by atoms with Gasteiger partial charge in [0.1, 0.15) is 0 Å². The van der Waals surface area contributed by atoms with Gasteiger partial charge in [-0.25, -0.2) is 0 Å². The summed E-state index contributed by atoms with van der Waals surface area (Å²) in [5.41, 5.74) is 6.83. The van der Waals surface area contributed by atoms with Gasteiger partial charge in [-0.1, -0.05) is 78.1 Å². The van der Waals surface area contributed by atoms with Crippen molar-refractivity contribution in [3.63, 3.8) is 0 Å². The second kappa shape index (κ2) is 10.0. The number of rotatable bonds is 5. The third-order valence-corrected chi connectivity index (χ3v) is 4.08. The third kappa shape index (κ3) is 6.20. The second-order valence-electron chi connectivity index (χ2n) is 6.53. The summed E-state index contributed by atoms with van der Waals surface area (Å²) in [5.74, 6) is 6.34. The summed E-state index contributed by atoms with van der Waals surface area (Å²) < 4.78 is 0. The number of hydrogen-bond donors (Lipinski definition) is 0. The van der Waals surface area contributed by atoms with E-state index in [4.69, 9.17) is 0 Å². The largest absolute Gasteiger partial charge is 0.314 e. The SMILES string of the molecule is C=C/C=C\C=C(/C)C#C/C=C(\C)N(c1ccc(C)cc1)c1ccc(C)cc1. The van der Waals surface area contributed by atoms with Crippen LogP contribution in [0.15, 0.2) is 96.8 Å². The van der Waals surface area contributed by atoms with Gasteiger partial charge in [0.25, 0.3) is 0 Å². The molecule has 0 aromatic heterocycles. The molecule has 0 heterocycles. The van der Waals surface area contributed by atoms with E-state index in [0.717, 1.165) is 22.6 Å². The van der Waals surface area contributed by atoms with Crippen LogP contribution in [0.2, 0.25) is 0 Å². The zero-order chi connectivity index (χ0) is 19.6. The summed E-state index contributed by atoms with van der Waals surface area (Å²) in [5, 5.41) is 0. The molecule has 0 N–H and O–H groups in total. The minimum Gasteiger partial charge on any atom is -0.314 e. The second-order valence-corrected chi connectivity index (χ2v) is 6.53. The van der Waals surface area contributed by atoms with Gasteiger partial charge in [-0.2, -0.15) is 0 Å². The molecule has 27 heavy (non-hydrogen) atoms. The van der Waals surface area contributed by atoms with Gasteiger partial charge in [-0.3, -0.25) is 0 Å². The van der Waals surface area contributed by atoms with E-state index in [0.29, 0.717) is 0 Å². The standard InChI is InChI=1S/C26H27N/c1-6-7-8-10-21(2)11-9-12-24(5)27(25-17-13-22(3)14-18-25)26-19-15-23(4)16-20-26/h6-8,10,12-20H,1H2,2-5H3/b8-7-,21-10+,24-12+. The Bertz CT molecular complexity index is 865. The Balaban J connectivity index is 2.37. The van der Waals surface area contributed by atoms with Crippen LogP contribution in [0, 0.1) is 25.7 Å². The molecule has 0 aliphatic rings. The maximum absolute atomic E-state index is 3.66. The molecule has 0 aliphatic carbocycles. The van der Waals surface area contributed by atoms with Crippen molar-refractivity contribution >= 4 is 11.4 Å². The van der Waals surface area contributed by atoms with Crippen LogP contribution in [0.1, 0.15) is 25.0 Å². The van der Waals surface area contributed by atoms with Crippen LogP contribution < -0.4 is 4.90 Å². The molecule has 0 saturated carbocycles. The first kappa shape index (κ1) is 20.1. The first-order valence-corrected chi connectivity index (χ1v) is 9.09. The highest BCUT2D eigenvalue weighted by atomic mass is 15.1. The van der Waals surface area contributed by atoms with Crippen molar-refractivity contribution in [3.8, 4) is 11.8 Å². The normalized spacial score (nSPS) is 11.9. The van der Waals surface area contributed by atoms with Gasteiger partial charge in [-0.05, 0) is 57.5 Å². The monoisotopic (exact) mass is 353 g/mol. The van der Waals surface area contributed by atoms with E-state index < -0.39 is 0 Å². The highest BCUT2D eigenvalue weighted by Crippen LogP contribution is 2.30. The lowest BCUT2D eigenvalue weighted by atomic mass is 10.1. The van der Waals surface area contributed by atoms with Gasteiger partial charge in [0.15, 0.2) is 0 Å². The first-order chi connectivity index (χ1) is 13.0. The van der Waals surface area contributed by atoms with E-state index in [-0.39, 0.29) is 0 Å². The lowest BCUT2D eigenvalue weighted by Crippen LogP contribution is -2.14. The molecule has 2 aromatic carbocycles. The number of aryl methyl sites for hydroxylation is 2. The number of anilines is 2. The third-order valence-electron chi connectivity index (χ3n) is 4.08. The number of nitrogens with zero attached hydrogens (tertiary/aromatic N) is 1. The fraction of sp³-hybridized carbons (Fsp3) is 0.154. The summed E-state index contributed by atoms with van der Waals surface area (Å²) in [6.07, 6.45) is 9.54. The molecule has 0 aliphatic heterocycles. The Hall–Kier alpha value is -3.24. The van der Waals surface area contributed by atoms with Crippen LogP contribution in [-0.4, -0.2) is 0 Å². The predicted molar refractivity (Wildman–Crippen MR) is 119 cm³/mol. The van der Waals surface area contributed by atoms with E-state index >= 15 is 0 Å². The molecule has 1 nitrogen and oxygen atoms in total. The maximum atomic E-state index is 3.66. The molecule has 2 aromatic rings. The minimum absolute atomic E-state index is 1.01. The first-order valence-electron chi connectivity index (χ1n) is 9.09. The Kier molecular flexibility index (Phi) is 7.47. The Labute approximate surface area is 164 Å². The van der Waals surface area contributed by atoms with Crippen molar-refractivity contribution in [2.75, 3.05) is 4.90 Å². The molecule has 0 saturated heterocycles. The van der Waals surface area contributed by atoms with Crippen molar-refractivity contribution in [3.05, 3.63) is 108 Å². The zero-order valence-corrected chi connectivity index (χ0v) is 16.7. The number of allylic oxidation sites excluding steroid dienone is 7. The molecule has 136 valence electrons. The van der Waals surface area contributed by atoms with Crippen LogP contribution >= 0.6 is 0 Å². The van der Waals surface area contributed by atoms with E-state index in [9.17, 15) is 0 Å². The maximum Gasteiger partial charge on any atom is 0.0458 e. The van der Waals surface area contributed by atoms with Crippen molar-refractivity contribution in [2.45, 2.75) is 27.7 Å². The van der Waals surface area contributed by atoms with Crippen molar-refractivity contribution in [1.29, 1.82) is 0 Å². The van der Waals surface area contributed by atoms with Crippen molar-refractivity contribution in [2.24, 2.45) is 0 Å². The summed E-state index contributed by atoms with van der Waals surface area (Å²) in [4.78, 5) is 2.23. The summed E-state index contributed by atoms with van der Waals surface area (Å²) in [7, 11) is 0. The lowest BCUT2D eigenvalue weighted by Gasteiger charge is -2.25. The van der Waals surface area contributed by atoms with Crippen LogP contribution in [0.5, 0.6) is 0 Å². The number of benzene rings is 2. The molecule has 0 spiro atoms. The highest BCUT2D eigenvalue weighted by molar-refractivity contribution is 5.69. The molecule has 0 unspecified atom stereocenters. The van der Waals surface area contributed by atoms with Gasteiger partial charge in [0.05, 0.1) is 0 Å². The zero-order valence-electron chi connectivity index (χ0n) is 16.7. The van der Waals surface area contributed by atoms with Crippen LogP contribution in [-0.2, 0) is 0 Å². The molecule has 0 bridgehead atoms. The predicted octanol–water partition coefficient (Wildman–Crippen LogP) is 7.04. The van der Waals surface area contributed by atoms with Crippen LogP contribution in [0.25, 0.3) is 0 Å². The lowest BCUT2D eigenvalue weighted by molar-refractivity contribution is 1.15. The van der Waals surface area contributed by atoms with Gasteiger partial charge in [0, 0.05) is 23.1 Å². The molecule has 2 rings (SSSR count). The van der Waals surface area contributed by atoms with E-state index in [2.05, 4.69) is 92.6 Å². The van der Waals surface area contributed by atoms with Crippen LogP contribution in [0.4, 0.5) is 11.4 Å². The van der Waals surface area contributed by atoms with Gasteiger partial charge < -0.3 is 4.90 Å². The quantitative estimate of drug-likeness (QED) is 0.412. The molecule has 0 atom stereocenters. The topological polar surface area (TPSA) is 3.24 Å². The minimum atomic E-state index is 1.01. The summed E-state index contributed by atoms with van der Waals surface area (Å²) in [6, 6.07) is 17.1. The summed E-state index contributed by atoms with van der Waals surface area (Å²) in [6.45, 7) is 12.0. The highest BCUT2D eigenvalue weighted by Gasteiger charge is 2.10. The molecule has 0 fully saturated rings. The molecular weight excluding hydrogens is 326 g/mol. The smallest absolute Gasteiger partial charge is 0.0458 e. The van der Waals surface area contributed by atoms with Gasteiger partial charge in [-0.15, -0.1) is 0 Å². The Morgan fingerprint density at radius 1 is 0.852 bits per heavy atom. The fourth-order valence-corrected chi connectivity index (χ4v) is 2.58. The fourth-order valence-electron chi connectivity index (χ4n) is 2.58. The van der Waals surface area contributed by atoms with Crippen molar-refractivity contribution in [1.82, 2.24) is 0 Å². The molecular formula is C26H27N. The summed E-state index contributed by atoms with van der Waals surface area (Å²) >= 11 is 0. The van der Waals surface area contributed by atoms with Gasteiger partial charge >= 0.3 is 0 Å². The van der Waals surface area contributed by atoms with E-state index in [1.165, 1.54) is 11.1 Å².